The maximum Gasteiger partial charge on any atom is 0.0192 e. The van der Waals surface area contributed by atoms with E-state index in [1.165, 1.54) is 12.8 Å². The van der Waals surface area contributed by atoms with Crippen LogP contribution in [0.5, 0.6) is 0 Å². The van der Waals surface area contributed by atoms with Gasteiger partial charge < -0.3 is 10.6 Å². The van der Waals surface area contributed by atoms with Gasteiger partial charge in [0.1, 0.15) is 0 Å². The minimum absolute atomic E-state index is 0. The molecule has 1 atom stereocenters. The summed E-state index contributed by atoms with van der Waals surface area (Å²) in [5, 5.41) is 6.81. The molecule has 0 aromatic heterocycles. The Morgan fingerprint density at radius 3 is 2.70 bits per heavy atom. The molecule has 0 saturated carbocycles. The molecule has 1 aliphatic rings. The molecule has 2 nitrogen and oxygen atoms in total. The van der Waals surface area contributed by atoms with Gasteiger partial charge in [0.2, 0.25) is 0 Å². The first-order valence-corrected chi connectivity index (χ1v) is 3.87. The van der Waals surface area contributed by atoms with Gasteiger partial charge >= 0.3 is 0 Å². The van der Waals surface area contributed by atoms with E-state index in [2.05, 4.69) is 17.6 Å². The normalized spacial score (nSPS) is 25.5. The summed E-state index contributed by atoms with van der Waals surface area (Å²) in [6.45, 7) is 5.68. The molecule has 0 aliphatic carbocycles. The minimum atomic E-state index is 0. The Morgan fingerprint density at radius 1 is 1.40 bits per heavy atom. The summed E-state index contributed by atoms with van der Waals surface area (Å²) in [6, 6.07) is 0.740. The Labute approximate surface area is 64.4 Å². The van der Waals surface area contributed by atoms with Crippen LogP contribution in [0, 0.1) is 0 Å². The number of piperazine rings is 1. The predicted octanol–water partition coefficient (Wildman–Crippen LogP) is 0.984. The Kier molecular flexibility index (Phi) is 5.64. The molecule has 0 amide bonds. The SMILES string of the molecule is C.CCC[C@@H]1CNCCN1. The highest BCUT2D eigenvalue weighted by Gasteiger charge is 2.08. The lowest BCUT2D eigenvalue weighted by atomic mass is 10.1. The van der Waals surface area contributed by atoms with Crippen LogP contribution in [0.15, 0.2) is 0 Å². The average molecular weight is 144 g/mol. The first-order valence-electron chi connectivity index (χ1n) is 3.87. The molecule has 1 rings (SSSR count). The number of nitrogens with one attached hydrogen (secondary N) is 2. The summed E-state index contributed by atoms with van der Waals surface area (Å²) in [5.74, 6) is 0. The van der Waals surface area contributed by atoms with E-state index < -0.39 is 0 Å². The van der Waals surface area contributed by atoms with Crippen LogP contribution < -0.4 is 10.6 Å². The molecule has 0 spiro atoms. The molecule has 0 aromatic rings. The minimum Gasteiger partial charge on any atom is -0.314 e. The Morgan fingerprint density at radius 2 is 2.20 bits per heavy atom. The summed E-state index contributed by atoms with van der Waals surface area (Å²) < 4.78 is 0. The lowest BCUT2D eigenvalue weighted by Gasteiger charge is -2.23. The van der Waals surface area contributed by atoms with Crippen LogP contribution in [-0.2, 0) is 0 Å². The van der Waals surface area contributed by atoms with Crippen molar-refractivity contribution in [1.29, 1.82) is 0 Å². The maximum atomic E-state index is 3.46. The molecule has 0 bridgehead atoms. The molecule has 62 valence electrons. The standard InChI is InChI=1S/C7H16N2.CH4/c1-2-3-7-6-8-4-5-9-7;/h7-9H,2-6H2,1H3;1H4/t7-;/m1./s1. The zero-order chi connectivity index (χ0) is 6.53. The topological polar surface area (TPSA) is 24.1 Å². The molecule has 1 heterocycles. The fourth-order valence-corrected chi connectivity index (χ4v) is 1.27. The van der Waals surface area contributed by atoms with Crippen LogP contribution in [0.1, 0.15) is 27.2 Å². The summed E-state index contributed by atoms with van der Waals surface area (Å²) in [6.07, 6.45) is 2.60. The highest BCUT2D eigenvalue weighted by Crippen LogP contribution is 1.96. The molecule has 2 N–H and O–H groups in total. The number of hydrogen-bond acceptors (Lipinski definition) is 2. The Bertz CT molecular complexity index is 64.9. The van der Waals surface area contributed by atoms with Crippen LogP contribution >= 0.6 is 0 Å². The maximum absolute atomic E-state index is 3.46. The molecular formula is C8H20N2. The van der Waals surface area contributed by atoms with Gasteiger partial charge in [-0.25, -0.2) is 0 Å². The van der Waals surface area contributed by atoms with Gasteiger partial charge in [-0.2, -0.15) is 0 Å². The monoisotopic (exact) mass is 144 g/mol. The van der Waals surface area contributed by atoms with Gasteiger partial charge in [-0.3, -0.25) is 0 Å². The molecule has 0 radical (unpaired) electrons. The molecule has 10 heavy (non-hydrogen) atoms. The molecule has 1 fully saturated rings. The van der Waals surface area contributed by atoms with Crippen LogP contribution in [0.3, 0.4) is 0 Å². The highest BCUT2D eigenvalue weighted by molar-refractivity contribution is 4.74. The number of rotatable bonds is 2. The molecular weight excluding hydrogens is 124 g/mol. The van der Waals surface area contributed by atoms with E-state index in [1.807, 2.05) is 0 Å². The molecule has 1 aliphatic heterocycles. The van der Waals surface area contributed by atoms with Crippen LogP contribution in [0.2, 0.25) is 0 Å². The third-order valence-corrected chi connectivity index (χ3v) is 1.76. The third-order valence-electron chi connectivity index (χ3n) is 1.76. The van der Waals surface area contributed by atoms with E-state index in [4.69, 9.17) is 0 Å². The van der Waals surface area contributed by atoms with Gasteiger partial charge in [-0.1, -0.05) is 20.8 Å². The fourth-order valence-electron chi connectivity index (χ4n) is 1.27. The number of hydrogen-bond donors (Lipinski definition) is 2. The van der Waals surface area contributed by atoms with Gasteiger partial charge in [-0.15, -0.1) is 0 Å². The third kappa shape index (κ3) is 3.18. The molecule has 2 heteroatoms. The second kappa shape index (κ2) is 5.69. The molecule has 0 aromatic carbocycles. The Balaban J connectivity index is 0.000000810. The fraction of sp³-hybridized carbons (Fsp3) is 1.00. The largest absolute Gasteiger partial charge is 0.314 e. The highest BCUT2D eigenvalue weighted by atomic mass is 15.0. The van der Waals surface area contributed by atoms with E-state index in [1.54, 1.807) is 0 Å². The van der Waals surface area contributed by atoms with Crippen molar-refractivity contribution < 1.29 is 0 Å². The van der Waals surface area contributed by atoms with Gasteiger partial charge in [0, 0.05) is 25.7 Å². The van der Waals surface area contributed by atoms with Crippen molar-refractivity contribution in [1.82, 2.24) is 10.6 Å². The van der Waals surface area contributed by atoms with Gasteiger partial charge in [0.25, 0.3) is 0 Å². The zero-order valence-electron chi connectivity index (χ0n) is 6.11. The van der Waals surface area contributed by atoms with Crippen molar-refractivity contribution in [3.8, 4) is 0 Å². The van der Waals surface area contributed by atoms with Crippen molar-refractivity contribution in [2.24, 2.45) is 0 Å². The smallest absolute Gasteiger partial charge is 0.0192 e. The van der Waals surface area contributed by atoms with Gasteiger partial charge in [0.15, 0.2) is 0 Å². The quantitative estimate of drug-likeness (QED) is 0.604. The van der Waals surface area contributed by atoms with E-state index in [-0.39, 0.29) is 7.43 Å². The predicted molar refractivity (Wildman–Crippen MR) is 46.3 cm³/mol. The summed E-state index contributed by atoms with van der Waals surface area (Å²) in [7, 11) is 0. The van der Waals surface area contributed by atoms with Crippen molar-refractivity contribution in [2.75, 3.05) is 19.6 Å². The summed E-state index contributed by atoms with van der Waals surface area (Å²) in [5.41, 5.74) is 0. The van der Waals surface area contributed by atoms with E-state index >= 15 is 0 Å². The van der Waals surface area contributed by atoms with Crippen molar-refractivity contribution >= 4 is 0 Å². The summed E-state index contributed by atoms with van der Waals surface area (Å²) in [4.78, 5) is 0. The van der Waals surface area contributed by atoms with Gasteiger partial charge in [-0.05, 0) is 6.42 Å². The molecule has 1 saturated heterocycles. The molecule has 0 unspecified atom stereocenters. The Hall–Kier alpha value is -0.0800. The summed E-state index contributed by atoms with van der Waals surface area (Å²) >= 11 is 0. The van der Waals surface area contributed by atoms with E-state index in [0.29, 0.717) is 0 Å². The first-order chi connectivity index (χ1) is 4.43. The van der Waals surface area contributed by atoms with Crippen molar-refractivity contribution in [2.45, 2.75) is 33.2 Å². The lowest BCUT2D eigenvalue weighted by molar-refractivity contribution is 0.397. The first kappa shape index (κ1) is 9.92. The van der Waals surface area contributed by atoms with Crippen LogP contribution in [0.25, 0.3) is 0 Å². The second-order valence-electron chi connectivity index (χ2n) is 2.64. The van der Waals surface area contributed by atoms with Gasteiger partial charge in [0.05, 0.1) is 0 Å². The van der Waals surface area contributed by atoms with E-state index in [0.717, 1.165) is 25.7 Å². The lowest BCUT2D eigenvalue weighted by Crippen LogP contribution is -2.48. The van der Waals surface area contributed by atoms with Crippen molar-refractivity contribution in [3.05, 3.63) is 0 Å². The van der Waals surface area contributed by atoms with Crippen molar-refractivity contribution in [3.63, 3.8) is 0 Å². The van der Waals surface area contributed by atoms with Crippen LogP contribution in [0.4, 0.5) is 0 Å². The zero-order valence-corrected chi connectivity index (χ0v) is 6.11. The van der Waals surface area contributed by atoms with Crippen LogP contribution in [-0.4, -0.2) is 25.7 Å². The van der Waals surface area contributed by atoms with E-state index in [9.17, 15) is 0 Å². The average Bonchev–Trinajstić information content (AvgIpc) is 1.91. The second-order valence-corrected chi connectivity index (χ2v) is 2.64.